The molecule has 0 bridgehead atoms. The first-order valence-corrected chi connectivity index (χ1v) is 9.61. The molecule has 0 aliphatic carbocycles. The number of carbonyl (C=O) groups excluding carboxylic acids is 2. The maximum absolute atomic E-state index is 12.9. The van der Waals surface area contributed by atoms with Gasteiger partial charge in [-0.3, -0.25) is 14.5 Å². The Morgan fingerprint density at radius 2 is 1.52 bits per heavy atom. The maximum Gasteiger partial charge on any atom is 0.228 e. The Kier molecular flexibility index (Phi) is 5.21. The number of hydrogen-bond donors (Lipinski definition) is 0. The van der Waals surface area contributed by atoms with Crippen molar-refractivity contribution in [1.29, 1.82) is 0 Å². The molecule has 5 heteroatoms. The molecule has 0 N–H and O–H groups in total. The third-order valence-electron chi connectivity index (χ3n) is 5.48. The van der Waals surface area contributed by atoms with Crippen LogP contribution in [-0.2, 0) is 16.1 Å². The van der Waals surface area contributed by atoms with Crippen molar-refractivity contribution in [3.63, 3.8) is 0 Å². The smallest absolute Gasteiger partial charge is 0.228 e. The summed E-state index contributed by atoms with van der Waals surface area (Å²) in [6.45, 7) is 4.65. The van der Waals surface area contributed by atoms with E-state index in [9.17, 15) is 9.59 Å². The molecule has 27 heavy (non-hydrogen) atoms. The number of para-hydroxylation sites is 1. The van der Waals surface area contributed by atoms with Crippen molar-refractivity contribution >= 4 is 17.5 Å². The Hall–Kier alpha value is -2.66. The van der Waals surface area contributed by atoms with Gasteiger partial charge in [-0.1, -0.05) is 48.5 Å². The van der Waals surface area contributed by atoms with Gasteiger partial charge in [-0.2, -0.15) is 0 Å². The largest absolute Gasteiger partial charge is 0.340 e. The molecule has 5 nitrogen and oxygen atoms in total. The lowest BCUT2D eigenvalue weighted by molar-refractivity contribution is -0.137. The average Bonchev–Trinajstić information content (AvgIpc) is 3.11. The summed E-state index contributed by atoms with van der Waals surface area (Å²) in [7, 11) is 0. The van der Waals surface area contributed by atoms with Crippen molar-refractivity contribution in [3.05, 3.63) is 66.2 Å². The van der Waals surface area contributed by atoms with Crippen LogP contribution in [0.2, 0.25) is 0 Å². The molecule has 0 saturated carbocycles. The highest BCUT2D eigenvalue weighted by Crippen LogP contribution is 2.26. The first kappa shape index (κ1) is 17.7. The van der Waals surface area contributed by atoms with Crippen LogP contribution in [0.3, 0.4) is 0 Å². The highest BCUT2D eigenvalue weighted by atomic mass is 16.2. The normalized spacial score (nSPS) is 20.9. The summed E-state index contributed by atoms with van der Waals surface area (Å²) in [6, 6.07) is 20.0. The summed E-state index contributed by atoms with van der Waals surface area (Å²) in [6.07, 6.45) is 0.317. The number of amides is 2. The van der Waals surface area contributed by atoms with E-state index in [4.69, 9.17) is 0 Å². The summed E-state index contributed by atoms with van der Waals surface area (Å²) in [5, 5.41) is 0. The molecule has 1 atom stereocenters. The van der Waals surface area contributed by atoms with E-state index in [0.717, 1.165) is 38.4 Å². The highest BCUT2D eigenvalue weighted by molar-refractivity contribution is 6.00. The monoisotopic (exact) mass is 363 g/mol. The van der Waals surface area contributed by atoms with E-state index in [1.54, 1.807) is 4.90 Å². The summed E-state index contributed by atoms with van der Waals surface area (Å²) in [5.41, 5.74) is 2.18. The molecule has 0 aromatic heterocycles. The molecule has 2 heterocycles. The molecule has 140 valence electrons. The minimum atomic E-state index is -0.224. The van der Waals surface area contributed by atoms with Crippen LogP contribution in [0.15, 0.2) is 60.7 Å². The third-order valence-corrected chi connectivity index (χ3v) is 5.48. The van der Waals surface area contributed by atoms with Crippen LogP contribution < -0.4 is 4.90 Å². The van der Waals surface area contributed by atoms with Gasteiger partial charge >= 0.3 is 0 Å². The summed E-state index contributed by atoms with van der Waals surface area (Å²) < 4.78 is 0. The first-order valence-electron chi connectivity index (χ1n) is 9.61. The standard InChI is InChI=1S/C22H25N3O2/c26-21-15-19(17-25(21)20-9-5-2-6-10-20)22(27)24-13-11-23(12-14-24)16-18-7-3-1-4-8-18/h1-10,19H,11-17H2/t19-/m1/s1. The zero-order chi connectivity index (χ0) is 18.6. The number of benzene rings is 2. The van der Waals surface area contributed by atoms with Crippen LogP contribution in [0.5, 0.6) is 0 Å². The maximum atomic E-state index is 12.9. The number of piperazine rings is 1. The fraction of sp³-hybridized carbons (Fsp3) is 0.364. The van der Waals surface area contributed by atoms with Crippen LogP contribution in [0.4, 0.5) is 5.69 Å². The number of rotatable bonds is 4. The summed E-state index contributed by atoms with van der Waals surface area (Å²) in [5.74, 6) is -0.0539. The molecule has 2 saturated heterocycles. The van der Waals surface area contributed by atoms with E-state index in [2.05, 4.69) is 29.2 Å². The van der Waals surface area contributed by atoms with Gasteiger partial charge in [-0.05, 0) is 17.7 Å². The fourth-order valence-corrected chi connectivity index (χ4v) is 3.96. The Morgan fingerprint density at radius 3 is 2.19 bits per heavy atom. The minimum Gasteiger partial charge on any atom is -0.340 e. The van der Waals surface area contributed by atoms with Gasteiger partial charge in [0.05, 0.1) is 5.92 Å². The van der Waals surface area contributed by atoms with Crippen LogP contribution >= 0.6 is 0 Å². The molecule has 2 aliphatic rings. The highest BCUT2D eigenvalue weighted by Gasteiger charge is 2.37. The van der Waals surface area contributed by atoms with Gasteiger partial charge in [0, 0.05) is 51.4 Å². The van der Waals surface area contributed by atoms with E-state index < -0.39 is 0 Å². The van der Waals surface area contributed by atoms with E-state index in [0.29, 0.717) is 13.0 Å². The van der Waals surface area contributed by atoms with Crippen molar-refractivity contribution in [2.24, 2.45) is 5.92 Å². The SMILES string of the molecule is O=C([C@@H]1CC(=O)N(c2ccccc2)C1)N1CCN(Cc2ccccc2)CC1. The van der Waals surface area contributed by atoms with Gasteiger partial charge in [0.2, 0.25) is 11.8 Å². The molecule has 4 rings (SSSR count). The van der Waals surface area contributed by atoms with Crippen molar-refractivity contribution < 1.29 is 9.59 Å². The predicted octanol–water partition coefficient (Wildman–Crippen LogP) is 2.38. The van der Waals surface area contributed by atoms with Crippen LogP contribution in [0.1, 0.15) is 12.0 Å². The Bertz CT molecular complexity index is 786. The quantitative estimate of drug-likeness (QED) is 0.838. The number of anilines is 1. The topological polar surface area (TPSA) is 43.9 Å². The van der Waals surface area contributed by atoms with Gasteiger partial charge in [0.25, 0.3) is 0 Å². The zero-order valence-corrected chi connectivity index (χ0v) is 15.5. The Balaban J connectivity index is 1.31. The first-order chi connectivity index (χ1) is 13.2. The molecular weight excluding hydrogens is 338 g/mol. The zero-order valence-electron chi connectivity index (χ0n) is 15.5. The third kappa shape index (κ3) is 4.03. The number of nitrogens with zero attached hydrogens (tertiary/aromatic N) is 3. The molecule has 2 fully saturated rings. The molecule has 2 aromatic carbocycles. The number of carbonyl (C=O) groups is 2. The molecule has 0 unspecified atom stereocenters. The van der Waals surface area contributed by atoms with Crippen molar-refractivity contribution in [3.8, 4) is 0 Å². The summed E-state index contributed by atoms with van der Waals surface area (Å²) in [4.78, 5) is 31.4. The molecule has 0 radical (unpaired) electrons. The van der Waals surface area contributed by atoms with Crippen LogP contribution in [0.25, 0.3) is 0 Å². The van der Waals surface area contributed by atoms with Crippen LogP contribution in [-0.4, -0.2) is 54.3 Å². The van der Waals surface area contributed by atoms with Crippen LogP contribution in [0, 0.1) is 5.92 Å². The Morgan fingerprint density at radius 1 is 0.889 bits per heavy atom. The molecular formula is C22H25N3O2. The van der Waals surface area contributed by atoms with Gasteiger partial charge in [-0.15, -0.1) is 0 Å². The van der Waals surface area contributed by atoms with Crippen molar-refractivity contribution in [2.45, 2.75) is 13.0 Å². The molecule has 2 aliphatic heterocycles. The van der Waals surface area contributed by atoms with Gasteiger partial charge < -0.3 is 9.80 Å². The van der Waals surface area contributed by atoms with Crippen molar-refractivity contribution in [1.82, 2.24) is 9.80 Å². The molecule has 2 amide bonds. The second-order valence-electron chi connectivity index (χ2n) is 7.33. The lowest BCUT2D eigenvalue weighted by atomic mass is 10.1. The second kappa shape index (κ2) is 7.92. The molecule has 0 spiro atoms. The average molecular weight is 363 g/mol. The number of hydrogen-bond acceptors (Lipinski definition) is 3. The lowest BCUT2D eigenvalue weighted by Gasteiger charge is -2.35. The van der Waals surface area contributed by atoms with Gasteiger partial charge in [0.15, 0.2) is 0 Å². The minimum absolute atomic E-state index is 0.0438. The van der Waals surface area contributed by atoms with E-state index in [1.807, 2.05) is 41.3 Å². The fourth-order valence-electron chi connectivity index (χ4n) is 3.96. The van der Waals surface area contributed by atoms with E-state index in [1.165, 1.54) is 5.56 Å². The van der Waals surface area contributed by atoms with E-state index in [-0.39, 0.29) is 17.7 Å². The predicted molar refractivity (Wildman–Crippen MR) is 105 cm³/mol. The van der Waals surface area contributed by atoms with Gasteiger partial charge in [0.1, 0.15) is 0 Å². The van der Waals surface area contributed by atoms with Gasteiger partial charge in [-0.25, -0.2) is 0 Å². The summed E-state index contributed by atoms with van der Waals surface area (Å²) >= 11 is 0. The van der Waals surface area contributed by atoms with Crippen molar-refractivity contribution in [2.75, 3.05) is 37.6 Å². The second-order valence-corrected chi connectivity index (χ2v) is 7.33. The van der Waals surface area contributed by atoms with E-state index >= 15 is 0 Å². The Labute approximate surface area is 160 Å². The molecule has 2 aromatic rings. The lowest BCUT2D eigenvalue weighted by Crippen LogP contribution is -2.50.